The van der Waals surface area contributed by atoms with Crippen molar-refractivity contribution in [1.82, 2.24) is 15.2 Å². The zero-order valence-corrected chi connectivity index (χ0v) is 18.2. The summed E-state index contributed by atoms with van der Waals surface area (Å²) in [6.45, 7) is 1.97. The monoisotopic (exact) mass is 434 g/mol. The first-order chi connectivity index (χ1) is 14.9. The number of amides is 1. The minimum absolute atomic E-state index is 0.0770. The van der Waals surface area contributed by atoms with Crippen molar-refractivity contribution < 1.29 is 9.18 Å². The molecule has 2 aromatic heterocycles. The molecule has 158 valence electrons. The molecule has 5 rings (SSSR count). The first-order valence-corrected chi connectivity index (χ1v) is 11.2. The highest BCUT2D eigenvalue weighted by Gasteiger charge is 2.49. The molecule has 2 N–H and O–H groups in total. The fraction of sp³-hybridized carbons (Fsp3) is 0.292. The van der Waals surface area contributed by atoms with Gasteiger partial charge in [0, 0.05) is 22.9 Å². The molecule has 31 heavy (non-hydrogen) atoms. The molecule has 2 aliphatic rings. The fourth-order valence-electron chi connectivity index (χ4n) is 4.30. The number of likely N-dealkylation sites (N-methyl/N-ethyl adjacent to an activating group) is 1. The highest BCUT2D eigenvalue weighted by atomic mass is 32.1. The summed E-state index contributed by atoms with van der Waals surface area (Å²) in [6, 6.07) is 13.4. The van der Waals surface area contributed by atoms with Crippen molar-refractivity contribution in [2.24, 2.45) is 0 Å². The lowest BCUT2D eigenvalue weighted by molar-refractivity contribution is -0.131. The van der Waals surface area contributed by atoms with Crippen LogP contribution in [0.25, 0.3) is 11.3 Å². The van der Waals surface area contributed by atoms with E-state index in [4.69, 9.17) is 5.41 Å². The van der Waals surface area contributed by atoms with E-state index in [-0.39, 0.29) is 17.7 Å². The van der Waals surface area contributed by atoms with Gasteiger partial charge in [-0.1, -0.05) is 24.3 Å². The largest absolute Gasteiger partial charge is 0.345 e. The van der Waals surface area contributed by atoms with Crippen LogP contribution in [-0.2, 0) is 10.3 Å². The molecule has 1 amide bonds. The van der Waals surface area contributed by atoms with Crippen LogP contribution in [0.5, 0.6) is 0 Å². The highest BCUT2D eigenvalue weighted by molar-refractivity contribution is 7.10. The Balaban J connectivity index is 1.55. The van der Waals surface area contributed by atoms with Gasteiger partial charge in [-0.05, 0) is 55.0 Å². The SMILES string of the molecule is CN1C(=N)N[C@](C)(c2cc(-c3ccc(F)cn3)cs2)[C@H](c2ccc(C3CC3)cc2)C1=O. The number of carbonyl (C=O) groups is 1. The molecule has 2 fully saturated rings. The van der Waals surface area contributed by atoms with Crippen molar-refractivity contribution in [2.45, 2.75) is 37.1 Å². The van der Waals surface area contributed by atoms with E-state index >= 15 is 0 Å². The van der Waals surface area contributed by atoms with E-state index in [2.05, 4.69) is 34.6 Å². The number of rotatable bonds is 4. The molecule has 7 heteroatoms. The van der Waals surface area contributed by atoms with E-state index in [1.807, 2.05) is 18.4 Å². The van der Waals surface area contributed by atoms with Crippen LogP contribution in [0.3, 0.4) is 0 Å². The molecular formula is C24H23FN4OS. The van der Waals surface area contributed by atoms with Crippen molar-refractivity contribution in [1.29, 1.82) is 5.41 Å². The van der Waals surface area contributed by atoms with Gasteiger partial charge >= 0.3 is 0 Å². The van der Waals surface area contributed by atoms with Crippen LogP contribution in [0.1, 0.15) is 47.6 Å². The minimum atomic E-state index is -0.787. The Hall–Kier alpha value is -3.06. The summed E-state index contributed by atoms with van der Waals surface area (Å²) in [7, 11) is 1.63. The van der Waals surface area contributed by atoms with E-state index in [1.54, 1.807) is 13.1 Å². The molecule has 1 saturated carbocycles. The number of hydrogen-bond acceptors (Lipinski definition) is 4. The lowest BCUT2D eigenvalue weighted by atomic mass is 9.76. The normalized spacial score (nSPS) is 23.7. The quantitative estimate of drug-likeness (QED) is 0.618. The van der Waals surface area contributed by atoms with Crippen molar-refractivity contribution in [3.05, 3.63) is 75.9 Å². The van der Waals surface area contributed by atoms with Gasteiger partial charge in [-0.2, -0.15) is 0 Å². The van der Waals surface area contributed by atoms with E-state index in [0.717, 1.165) is 16.0 Å². The summed E-state index contributed by atoms with van der Waals surface area (Å²) in [6.07, 6.45) is 3.66. The Morgan fingerprint density at radius 3 is 2.55 bits per heavy atom. The zero-order valence-electron chi connectivity index (χ0n) is 17.4. The number of guanidine groups is 1. The summed E-state index contributed by atoms with van der Waals surface area (Å²) in [5, 5.41) is 13.6. The van der Waals surface area contributed by atoms with E-state index in [1.165, 1.54) is 46.9 Å². The Labute approximate surface area is 184 Å². The lowest BCUT2D eigenvalue weighted by Gasteiger charge is -2.45. The third kappa shape index (κ3) is 3.43. The number of halogens is 1. The van der Waals surface area contributed by atoms with E-state index in [0.29, 0.717) is 11.6 Å². The average Bonchev–Trinajstić information content (AvgIpc) is 3.49. The molecule has 2 atom stereocenters. The second-order valence-electron chi connectivity index (χ2n) is 8.51. The van der Waals surface area contributed by atoms with Crippen molar-refractivity contribution in [3.8, 4) is 11.3 Å². The Kier molecular flexibility index (Phi) is 4.66. The van der Waals surface area contributed by atoms with Crippen LogP contribution in [-0.4, -0.2) is 28.8 Å². The Bertz CT molecular complexity index is 1150. The summed E-state index contributed by atoms with van der Waals surface area (Å²) < 4.78 is 13.3. The van der Waals surface area contributed by atoms with Crippen molar-refractivity contribution >= 4 is 23.2 Å². The first-order valence-electron chi connectivity index (χ1n) is 10.3. The highest BCUT2D eigenvalue weighted by Crippen LogP contribution is 2.45. The molecule has 1 aromatic carbocycles. The second kappa shape index (κ2) is 7.27. The molecule has 0 spiro atoms. The fourth-order valence-corrected chi connectivity index (χ4v) is 5.35. The number of nitrogens with zero attached hydrogens (tertiary/aromatic N) is 2. The zero-order chi connectivity index (χ0) is 21.8. The molecule has 1 saturated heterocycles. The Morgan fingerprint density at radius 2 is 1.90 bits per heavy atom. The van der Waals surface area contributed by atoms with Crippen LogP contribution in [0.4, 0.5) is 4.39 Å². The predicted octanol–water partition coefficient (Wildman–Crippen LogP) is 4.82. The van der Waals surface area contributed by atoms with E-state index in [9.17, 15) is 9.18 Å². The number of pyridine rings is 1. The molecule has 0 radical (unpaired) electrons. The number of nitrogens with one attached hydrogen (secondary N) is 2. The smallest absolute Gasteiger partial charge is 0.239 e. The summed E-state index contributed by atoms with van der Waals surface area (Å²) in [5.41, 5.74) is 3.00. The number of benzene rings is 1. The first kappa shape index (κ1) is 19.9. The molecule has 0 bridgehead atoms. The molecule has 3 aromatic rings. The van der Waals surface area contributed by atoms with Crippen LogP contribution in [0, 0.1) is 11.2 Å². The Morgan fingerprint density at radius 1 is 1.19 bits per heavy atom. The van der Waals surface area contributed by atoms with Gasteiger partial charge in [0.2, 0.25) is 5.91 Å². The maximum atomic E-state index is 13.4. The molecule has 3 heterocycles. The molecular weight excluding hydrogens is 411 g/mol. The van der Waals surface area contributed by atoms with Gasteiger partial charge in [-0.25, -0.2) is 4.39 Å². The van der Waals surface area contributed by atoms with Crippen LogP contribution < -0.4 is 5.32 Å². The number of hydrogen-bond donors (Lipinski definition) is 2. The maximum absolute atomic E-state index is 13.4. The summed E-state index contributed by atoms with van der Waals surface area (Å²) >= 11 is 1.51. The average molecular weight is 435 g/mol. The van der Waals surface area contributed by atoms with Crippen LogP contribution in [0.15, 0.2) is 54.0 Å². The van der Waals surface area contributed by atoms with E-state index < -0.39 is 11.5 Å². The van der Waals surface area contributed by atoms with Gasteiger partial charge in [0.05, 0.1) is 23.3 Å². The molecule has 5 nitrogen and oxygen atoms in total. The topological polar surface area (TPSA) is 69.1 Å². The third-order valence-electron chi connectivity index (χ3n) is 6.32. The number of carbonyl (C=O) groups excluding carboxylic acids is 1. The standard InChI is InChI=1S/C24H23FN4OS/c1-24(20-11-17(13-31-20)19-10-9-18(25)12-27-19)21(22(30)29(2)23(26)28-24)16-7-5-15(6-8-16)14-3-4-14/h5-14,21H,3-4H2,1-2H3,(H2,26,28)/t21-,24-/m1/s1. The summed E-state index contributed by atoms with van der Waals surface area (Å²) in [5.74, 6) is -0.238. The van der Waals surface area contributed by atoms with Gasteiger partial charge in [0.25, 0.3) is 0 Å². The third-order valence-corrected chi connectivity index (χ3v) is 7.49. The number of aromatic nitrogens is 1. The lowest BCUT2D eigenvalue weighted by Crippen LogP contribution is -2.62. The van der Waals surface area contributed by atoms with Gasteiger partial charge in [-0.3, -0.25) is 20.1 Å². The van der Waals surface area contributed by atoms with Crippen molar-refractivity contribution in [3.63, 3.8) is 0 Å². The van der Waals surface area contributed by atoms with Gasteiger partial charge in [-0.15, -0.1) is 11.3 Å². The predicted molar refractivity (Wildman–Crippen MR) is 120 cm³/mol. The minimum Gasteiger partial charge on any atom is -0.345 e. The maximum Gasteiger partial charge on any atom is 0.239 e. The van der Waals surface area contributed by atoms with Crippen LogP contribution in [0.2, 0.25) is 0 Å². The number of thiophene rings is 1. The van der Waals surface area contributed by atoms with Gasteiger partial charge < -0.3 is 5.32 Å². The van der Waals surface area contributed by atoms with Crippen LogP contribution >= 0.6 is 11.3 Å². The molecule has 1 aliphatic carbocycles. The second-order valence-corrected chi connectivity index (χ2v) is 9.42. The van der Waals surface area contributed by atoms with Gasteiger partial charge in [0.1, 0.15) is 5.82 Å². The molecule has 0 unspecified atom stereocenters. The summed E-state index contributed by atoms with van der Waals surface area (Å²) in [4.78, 5) is 19.8. The molecule has 1 aliphatic heterocycles. The van der Waals surface area contributed by atoms with Crippen molar-refractivity contribution in [2.75, 3.05) is 7.05 Å². The van der Waals surface area contributed by atoms with Gasteiger partial charge in [0.15, 0.2) is 5.96 Å².